The van der Waals surface area contributed by atoms with E-state index in [1.807, 2.05) is 6.07 Å². The number of carbonyl (C=O) groups excluding carboxylic acids is 1. The molecule has 0 saturated carbocycles. The molecule has 0 spiro atoms. The van der Waals surface area contributed by atoms with Crippen LogP contribution in [-0.4, -0.2) is 24.3 Å². The van der Waals surface area contributed by atoms with Crippen molar-refractivity contribution in [3.63, 3.8) is 0 Å². The quantitative estimate of drug-likeness (QED) is 0.743. The van der Waals surface area contributed by atoms with Gasteiger partial charge in [0.15, 0.2) is 0 Å². The average molecular weight is 231 g/mol. The van der Waals surface area contributed by atoms with Gasteiger partial charge in [-0.1, -0.05) is 44.2 Å². The Hall–Kier alpha value is -1.15. The molecule has 0 aromatic heterocycles. The first-order valence-electron chi connectivity index (χ1n) is 6.34. The fourth-order valence-electron chi connectivity index (χ4n) is 2.76. The summed E-state index contributed by atoms with van der Waals surface area (Å²) in [5.41, 5.74) is 1.52. The maximum Gasteiger partial charge on any atom is 0.120 e. The molecule has 0 bridgehead atoms. The summed E-state index contributed by atoms with van der Waals surface area (Å²) < 4.78 is 0. The van der Waals surface area contributed by atoms with Gasteiger partial charge < -0.3 is 4.79 Å². The van der Waals surface area contributed by atoms with Gasteiger partial charge in [-0.25, -0.2) is 0 Å². The number of aldehydes is 1. The van der Waals surface area contributed by atoms with E-state index in [-0.39, 0.29) is 5.41 Å². The summed E-state index contributed by atoms with van der Waals surface area (Å²) >= 11 is 0. The minimum atomic E-state index is 0.163. The maximum atomic E-state index is 10.8. The first kappa shape index (κ1) is 12.3. The average Bonchev–Trinajstić information content (AvgIpc) is 2.56. The first-order chi connectivity index (χ1) is 8.14. The number of benzene rings is 1. The summed E-state index contributed by atoms with van der Waals surface area (Å²) in [6.07, 6.45) is 1.75. The SMILES string of the molecule is C[C@@H]1CN(Cc2ccccc2)C[C@]1(C)CC=O. The van der Waals surface area contributed by atoms with E-state index in [4.69, 9.17) is 0 Å². The lowest BCUT2D eigenvalue weighted by Gasteiger charge is -2.25. The van der Waals surface area contributed by atoms with E-state index in [2.05, 4.69) is 43.0 Å². The summed E-state index contributed by atoms with van der Waals surface area (Å²) in [5, 5.41) is 0. The molecule has 0 amide bonds. The van der Waals surface area contributed by atoms with E-state index in [1.165, 1.54) is 5.56 Å². The minimum Gasteiger partial charge on any atom is -0.303 e. The minimum absolute atomic E-state index is 0.163. The van der Waals surface area contributed by atoms with Crippen molar-refractivity contribution in [3.8, 4) is 0 Å². The van der Waals surface area contributed by atoms with Crippen molar-refractivity contribution in [1.82, 2.24) is 4.90 Å². The van der Waals surface area contributed by atoms with Crippen LogP contribution >= 0.6 is 0 Å². The molecule has 1 aromatic carbocycles. The molecular formula is C15H21NO. The molecule has 0 aliphatic carbocycles. The third kappa shape index (κ3) is 2.75. The van der Waals surface area contributed by atoms with Crippen LogP contribution in [0.15, 0.2) is 30.3 Å². The summed E-state index contributed by atoms with van der Waals surface area (Å²) in [6.45, 7) is 7.62. The molecular weight excluding hydrogens is 210 g/mol. The van der Waals surface area contributed by atoms with Gasteiger partial charge in [0, 0.05) is 26.1 Å². The molecule has 1 aliphatic heterocycles. The van der Waals surface area contributed by atoms with Crippen molar-refractivity contribution in [2.75, 3.05) is 13.1 Å². The van der Waals surface area contributed by atoms with Crippen LogP contribution in [0.4, 0.5) is 0 Å². The molecule has 1 aromatic rings. The normalized spacial score (nSPS) is 29.4. The highest BCUT2D eigenvalue weighted by atomic mass is 16.1. The largest absolute Gasteiger partial charge is 0.303 e. The lowest BCUT2D eigenvalue weighted by molar-refractivity contribution is -0.109. The molecule has 0 radical (unpaired) electrons. The Morgan fingerprint density at radius 3 is 2.76 bits per heavy atom. The molecule has 2 atom stereocenters. The van der Waals surface area contributed by atoms with E-state index >= 15 is 0 Å². The van der Waals surface area contributed by atoms with E-state index in [0.29, 0.717) is 12.3 Å². The van der Waals surface area contributed by atoms with Crippen molar-refractivity contribution >= 4 is 6.29 Å². The van der Waals surface area contributed by atoms with Crippen LogP contribution in [0.2, 0.25) is 0 Å². The topological polar surface area (TPSA) is 20.3 Å². The van der Waals surface area contributed by atoms with Crippen molar-refractivity contribution in [3.05, 3.63) is 35.9 Å². The number of hydrogen-bond donors (Lipinski definition) is 0. The highest BCUT2D eigenvalue weighted by Gasteiger charge is 2.39. The third-order valence-corrected chi connectivity index (χ3v) is 4.11. The zero-order valence-corrected chi connectivity index (χ0v) is 10.7. The van der Waals surface area contributed by atoms with Crippen LogP contribution in [0.5, 0.6) is 0 Å². The monoisotopic (exact) mass is 231 g/mol. The summed E-state index contributed by atoms with van der Waals surface area (Å²) in [4.78, 5) is 13.2. The molecule has 2 heteroatoms. The van der Waals surface area contributed by atoms with Crippen LogP contribution in [0.1, 0.15) is 25.8 Å². The van der Waals surface area contributed by atoms with Crippen LogP contribution in [-0.2, 0) is 11.3 Å². The Kier molecular flexibility index (Phi) is 3.63. The van der Waals surface area contributed by atoms with Gasteiger partial charge >= 0.3 is 0 Å². The van der Waals surface area contributed by atoms with Crippen molar-refractivity contribution < 1.29 is 4.79 Å². The highest BCUT2D eigenvalue weighted by Crippen LogP contribution is 2.38. The van der Waals surface area contributed by atoms with Crippen molar-refractivity contribution in [1.29, 1.82) is 0 Å². The van der Waals surface area contributed by atoms with Crippen LogP contribution in [0, 0.1) is 11.3 Å². The smallest absolute Gasteiger partial charge is 0.120 e. The second-order valence-electron chi connectivity index (χ2n) is 5.58. The Labute approximate surface area is 104 Å². The molecule has 92 valence electrons. The molecule has 1 heterocycles. The standard InChI is InChI=1S/C15H21NO/c1-13-10-16(12-15(13,2)8-9-17)11-14-6-4-3-5-7-14/h3-7,9,13H,8,10-12H2,1-2H3/t13-,15+/m1/s1. The van der Waals surface area contributed by atoms with Gasteiger partial charge in [-0.05, 0) is 16.9 Å². The van der Waals surface area contributed by atoms with Gasteiger partial charge in [0.2, 0.25) is 0 Å². The third-order valence-electron chi connectivity index (χ3n) is 4.11. The van der Waals surface area contributed by atoms with Gasteiger partial charge in [0.05, 0.1) is 0 Å². The second kappa shape index (κ2) is 5.01. The number of rotatable bonds is 4. The van der Waals surface area contributed by atoms with E-state index < -0.39 is 0 Å². The molecule has 1 fully saturated rings. The predicted octanol–water partition coefficient (Wildman–Crippen LogP) is 2.73. The number of carbonyl (C=O) groups is 1. The molecule has 2 nitrogen and oxygen atoms in total. The molecule has 1 aliphatic rings. The Morgan fingerprint density at radius 1 is 1.41 bits per heavy atom. The zero-order chi connectivity index (χ0) is 12.3. The van der Waals surface area contributed by atoms with Gasteiger partial charge in [0.1, 0.15) is 6.29 Å². The van der Waals surface area contributed by atoms with Crippen LogP contribution in [0.25, 0.3) is 0 Å². The fraction of sp³-hybridized carbons (Fsp3) is 0.533. The first-order valence-corrected chi connectivity index (χ1v) is 6.34. The lowest BCUT2D eigenvalue weighted by Crippen LogP contribution is -2.26. The van der Waals surface area contributed by atoms with Gasteiger partial charge in [-0.15, -0.1) is 0 Å². The van der Waals surface area contributed by atoms with E-state index in [1.54, 1.807) is 0 Å². The van der Waals surface area contributed by atoms with E-state index in [9.17, 15) is 4.79 Å². The van der Waals surface area contributed by atoms with Gasteiger partial charge in [-0.2, -0.15) is 0 Å². The summed E-state index contributed by atoms with van der Waals surface area (Å²) in [7, 11) is 0. The predicted molar refractivity (Wildman–Crippen MR) is 69.7 cm³/mol. The Bertz CT molecular complexity index is 376. The zero-order valence-electron chi connectivity index (χ0n) is 10.7. The number of hydrogen-bond acceptors (Lipinski definition) is 2. The Morgan fingerprint density at radius 2 is 2.12 bits per heavy atom. The molecule has 0 N–H and O–H groups in total. The lowest BCUT2D eigenvalue weighted by atomic mass is 9.79. The van der Waals surface area contributed by atoms with Crippen molar-refractivity contribution in [2.45, 2.75) is 26.8 Å². The Balaban J connectivity index is 2.00. The maximum absolute atomic E-state index is 10.8. The molecule has 2 rings (SSSR count). The fourth-order valence-corrected chi connectivity index (χ4v) is 2.76. The van der Waals surface area contributed by atoms with Crippen molar-refractivity contribution in [2.24, 2.45) is 11.3 Å². The molecule has 17 heavy (non-hydrogen) atoms. The van der Waals surface area contributed by atoms with Gasteiger partial charge in [-0.3, -0.25) is 4.90 Å². The summed E-state index contributed by atoms with van der Waals surface area (Å²) in [5.74, 6) is 0.594. The van der Waals surface area contributed by atoms with Crippen LogP contribution < -0.4 is 0 Å². The number of likely N-dealkylation sites (tertiary alicyclic amines) is 1. The van der Waals surface area contributed by atoms with Gasteiger partial charge in [0.25, 0.3) is 0 Å². The number of nitrogens with zero attached hydrogens (tertiary/aromatic N) is 1. The molecule has 0 unspecified atom stereocenters. The highest BCUT2D eigenvalue weighted by molar-refractivity contribution is 5.51. The summed E-state index contributed by atoms with van der Waals surface area (Å²) in [6, 6.07) is 10.5. The second-order valence-corrected chi connectivity index (χ2v) is 5.58. The molecule has 1 saturated heterocycles. The van der Waals surface area contributed by atoms with E-state index in [0.717, 1.165) is 25.9 Å². The van der Waals surface area contributed by atoms with Crippen LogP contribution in [0.3, 0.4) is 0 Å².